The molecule has 1 amide bonds. The molecule has 1 aromatic heterocycles. The second-order valence-corrected chi connectivity index (χ2v) is 8.36. The molecule has 7 nitrogen and oxygen atoms in total. The summed E-state index contributed by atoms with van der Waals surface area (Å²) in [5.41, 5.74) is 2.53. The van der Waals surface area contributed by atoms with Gasteiger partial charge in [-0.3, -0.25) is 9.69 Å². The molecule has 0 bridgehead atoms. The molecular formula is C24H21N5O2S. The summed E-state index contributed by atoms with van der Waals surface area (Å²) in [5, 5.41) is 12.8. The summed E-state index contributed by atoms with van der Waals surface area (Å²) in [7, 11) is 0. The third-order valence-electron chi connectivity index (χ3n) is 5.21. The topological polar surface area (TPSA) is 73.1 Å². The predicted octanol–water partition coefficient (Wildman–Crippen LogP) is 5.13. The van der Waals surface area contributed by atoms with Gasteiger partial charge in [0.05, 0.1) is 18.0 Å². The van der Waals surface area contributed by atoms with Gasteiger partial charge < -0.3 is 4.74 Å². The summed E-state index contributed by atoms with van der Waals surface area (Å²) in [6.07, 6.45) is 0. The lowest BCUT2D eigenvalue weighted by molar-refractivity contribution is -0.121. The maximum atomic E-state index is 13.7. The predicted molar refractivity (Wildman–Crippen MR) is 123 cm³/mol. The van der Waals surface area contributed by atoms with Crippen LogP contribution >= 0.6 is 11.8 Å². The molecule has 4 aromatic rings. The van der Waals surface area contributed by atoms with Crippen LogP contribution in [0.15, 0.2) is 82.6 Å². The van der Waals surface area contributed by atoms with E-state index in [4.69, 9.17) is 4.74 Å². The van der Waals surface area contributed by atoms with Crippen LogP contribution < -0.4 is 9.64 Å². The molecule has 0 saturated heterocycles. The Balaban J connectivity index is 1.45. The molecule has 32 heavy (non-hydrogen) atoms. The molecule has 0 saturated carbocycles. The minimum absolute atomic E-state index is 0.124. The molecule has 160 valence electrons. The van der Waals surface area contributed by atoms with Crippen molar-refractivity contribution >= 4 is 29.0 Å². The van der Waals surface area contributed by atoms with E-state index in [0.717, 1.165) is 32.5 Å². The average molecular weight is 444 g/mol. The first-order chi connectivity index (χ1) is 15.7. The molecular weight excluding hydrogens is 422 g/mol. The SMILES string of the molecule is CCOc1ccc(-c2nnn(C(C)C(=O)N3c4ccccc4Sc4ccccc43)n2)cc1. The summed E-state index contributed by atoms with van der Waals surface area (Å²) in [6.45, 7) is 4.34. The van der Waals surface area contributed by atoms with E-state index in [1.807, 2.05) is 79.7 Å². The molecule has 0 fully saturated rings. The fraction of sp³-hybridized carbons (Fsp3) is 0.167. The quantitative estimate of drug-likeness (QED) is 0.426. The van der Waals surface area contributed by atoms with Crippen molar-refractivity contribution in [3.63, 3.8) is 0 Å². The van der Waals surface area contributed by atoms with E-state index in [9.17, 15) is 4.79 Å². The summed E-state index contributed by atoms with van der Waals surface area (Å²) < 4.78 is 5.48. The van der Waals surface area contributed by atoms with Crippen LogP contribution in [0.3, 0.4) is 0 Å². The Morgan fingerprint density at radius 2 is 1.59 bits per heavy atom. The fourth-order valence-electron chi connectivity index (χ4n) is 3.60. The van der Waals surface area contributed by atoms with Crippen LogP contribution in [-0.4, -0.2) is 32.7 Å². The first-order valence-corrected chi connectivity index (χ1v) is 11.2. The molecule has 2 heterocycles. The van der Waals surface area contributed by atoms with Gasteiger partial charge in [-0.1, -0.05) is 36.0 Å². The Bertz CT molecular complexity index is 1230. The van der Waals surface area contributed by atoms with Crippen LogP contribution in [0, 0.1) is 0 Å². The average Bonchev–Trinajstić information content (AvgIpc) is 3.32. The summed E-state index contributed by atoms with van der Waals surface area (Å²) >= 11 is 1.66. The van der Waals surface area contributed by atoms with Gasteiger partial charge in [0.1, 0.15) is 11.8 Å². The second-order valence-electron chi connectivity index (χ2n) is 7.28. The van der Waals surface area contributed by atoms with E-state index in [0.29, 0.717) is 12.4 Å². The normalized spacial score (nSPS) is 13.2. The highest BCUT2D eigenvalue weighted by atomic mass is 32.2. The first kappa shape index (κ1) is 20.3. The van der Waals surface area contributed by atoms with Gasteiger partial charge in [0.25, 0.3) is 5.91 Å². The number of carbonyl (C=O) groups excluding carboxylic acids is 1. The standard InChI is InChI=1S/C24H21N5O2S/c1-3-31-18-14-12-17(13-15-18)23-25-27-29(26-23)16(2)24(30)28-19-8-4-6-10-21(19)32-22-11-7-5-9-20(22)28/h4-16H,3H2,1-2H3. The van der Waals surface area contributed by atoms with Crippen molar-refractivity contribution in [2.75, 3.05) is 11.5 Å². The number of anilines is 2. The highest BCUT2D eigenvalue weighted by molar-refractivity contribution is 7.99. The van der Waals surface area contributed by atoms with Crippen molar-refractivity contribution in [3.05, 3.63) is 72.8 Å². The zero-order chi connectivity index (χ0) is 22.1. The molecule has 5 rings (SSSR count). The highest BCUT2D eigenvalue weighted by Gasteiger charge is 2.32. The van der Waals surface area contributed by atoms with E-state index in [1.165, 1.54) is 4.80 Å². The Labute approximate surface area is 190 Å². The van der Waals surface area contributed by atoms with Crippen molar-refractivity contribution in [1.29, 1.82) is 0 Å². The number of benzene rings is 3. The number of rotatable bonds is 5. The van der Waals surface area contributed by atoms with Gasteiger partial charge in [0, 0.05) is 15.4 Å². The largest absolute Gasteiger partial charge is 0.494 e. The number of aromatic nitrogens is 4. The number of ether oxygens (including phenoxy) is 1. The third-order valence-corrected chi connectivity index (χ3v) is 6.34. The first-order valence-electron chi connectivity index (χ1n) is 10.4. The van der Waals surface area contributed by atoms with Gasteiger partial charge in [-0.05, 0) is 67.6 Å². The van der Waals surface area contributed by atoms with Gasteiger partial charge in [-0.15, -0.1) is 10.2 Å². The molecule has 0 N–H and O–H groups in total. The maximum absolute atomic E-state index is 13.7. The minimum Gasteiger partial charge on any atom is -0.494 e. The van der Waals surface area contributed by atoms with Crippen LogP contribution in [-0.2, 0) is 4.79 Å². The lowest BCUT2D eigenvalue weighted by Gasteiger charge is -2.32. The summed E-state index contributed by atoms with van der Waals surface area (Å²) in [5.74, 6) is 1.12. The number of carbonyl (C=O) groups is 1. The molecule has 1 atom stereocenters. The smallest absolute Gasteiger partial charge is 0.258 e. The van der Waals surface area contributed by atoms with Crippen LogP contribution in [0.25, 0.3) is 11.4 Å². The number of para-hydroxylation sites is 2. The van der Waals surface area contributed by atoms with Crippen LogP contribution in [0.2, 0.25) is 0 Å². The van der Waals surface area contributed by atoms with E-state index < -0.39 is 6.04 Å². The molecule has 0 aliphatic carbocycles. The number of hydrogen-bond donors (Lipinski definition) is 0. The lowest BCUT2D eigenvalue weighted by atomic mass is 10.2. The van der Waals surface area contributed by atoms with Crippen molar-refractivity contribution < 1.29 is 9.53 Å². The number of nitrogens with zero attached hydrogens (tertiary/aromatic N) is 5. The third kappa shape index (κ3) is 3.62. The van der Waals surface area contributed by atoms with Crippen molar-refractivity contribution in [2.45, 2.75) is 29.7 Å². The van der Waals surface area contributed by atoms with E-state index in [-0.39, 0.29) is 5.91 Å². The Morgan fingerprint density at radius 3 is 2.22 bits per heavy atom. The Morgan fingerprint density at radius 1 is 0.969 bits per heavy atom. The number of hydrogen-bond acceptors (Lipinski definition) is 6. The molecule has 8 heteroatoms. The number of fused-ring (bicyclic) bond motifs is 2. The van der Waals surface area contributed by atoms with E-state index >= 15 is 0 Å². The van der Waals surface area contributed by atoms with Gasteiger partial charge in [-0.2, -0.15) is 4.80 Å². The molecule has 1 aliphatic rings. The molecule has 1 unspecified atom stereocenters. The zero-order valence-electron chi connectivity index (χ0n) is 17.7. The molecule has 0 radical (unpaired) electrons. The van der Waals surface area contributed by atoms with E-state index in [2.05, 4.69) is 15.4 Å². The highest BCUT2D eigenvalue weighted by Crippen LogP contribution is 2.48. The fourth-order valence-corrected chi connectivity index (χ4v) is 4.66. The van der Waals surface area contributed by atoms with Gasteiger partial charge in [0.2, 0.25) is 5.82 Å². The summed E-state index contributed by atoms with van der Waals surface area (Å²) in [4.78, 5) is 18.9. The van der Waals surface area contributed by atoms with Gasteiger partial charge in [0.15, 0.2) is 0 Å². The molecule has 1 aliphatic heterocycles. The van der Waals surface area contributed by atoms with Crippen molar-refractivity contribution in [1.82, 2.24) is 20.2 Å². The van der Waals surface area contributed by atoms with Gasteiger partial charge in [-0.25, -0.2) is 0 Å². The Hall–Kier alpha value is -3.65. The monoisotopic (exact) mass is 443 g/mol. The molecule has 3 aromatic carbocycles. The van der Waals surface area contributed by atoms with Crippen LogP contribution in [0.1, 0.15) is 19.9 Å². The van der Waals surface area contributed by atoms with E-state index in [1.54, 1.807) is 23.6 Å². The Kier molecular flexibility index (Phi) is 5.36. The van der Waals surface area contributed by atoms with Gasteiger partial charge >= 0.3 is 0 Å². The molecule has 0 spiro atoms. The van der Waals surface area contributed by atoms with Crippen LogP contribution in [0.5, 0.6) is 5.75 Å². The lowest BCUT2D eigenvalue weighted by Crippen LogP contribution is -2.35. The van der Waals surface area contributed by atoms with Crippen LogP contribution in [0.4, 0.5) is 11.4 Å². The minimum atomic E-state index is -0.636. The second kappa shape index (κ2) is 8.47. The number of amides is 1. The summed E-state index contributed by atoms with van der Waals surface area (Å²) in [6, 6.07) is 22.7. The van der Waals surface area contributed by atoms with Crippen molar-refractivity contribution in [3.8, 4) is 17.1 Å². The van der Waals surface area contributed by atoms with Crippen molar-refractivity contribution in [2.24, 2.45) is 0 Å². The number of tetrazole rings is 1. The maximum Gasteiger partial charge on any atom is 0.258 e. The zero-order valence-corrected chi connectivity index (χ0v) is 18.5.